The molecule has 0 atom stereocenters. The van der Waals surface area contributed by atoms with Gasteiger partial charge in [0, 0.05) is 13.1 Å². The monoisotopic (exact) mass is 362 g/mol. The van der Waals surface area contributed by atoms with Crippen molar-refractivity contribution in [2.45, 2.75) is 4.90 Å². The lowest BCUT2D eigenvalue weighted by Crippen LogP contribution is -2.29. The van der Waals surface area contributed by atoms with Crippen LogP contribution in [0.5, 0.6) is 0 Å². The lowest BCUT2D eigenvalue weighted by atomic mass is 10.7. The van der Waals surface area contributed by atoms with Crippen LogP contribution in [-0.2, 0) is 10.0 Å². The van der Waals surface area contributed by atoms with Crippen molar-refractivity contribution in [2.24, 2.45) is 5.73 Å². The molecular weight excluding hydrogens is 356 g/mol. The average Bonchev–Trinajstić information content (AvgIpc) is 2.42. The Morgan fingerprint density at radius 3 is 2.57 bits per heavy atom. The first kappa shape index (κ1) is 12.6. The molecule has 0 bridgehead atoms. The van der Waals surface area contributed by atoms with E-state index < -0.39 is 10.0 Å². The van der Waals surface area contributed by atoms with Crippen molar-refractivity contribution in [3.63, 3.8) is 0 Å². The number of sulfonamides is 1. The summed E-state index contributed by atoms with van der Waals surface area (Å²) < 4.78 is 27.0. The summed E-state index contributed by atoms with van der Waals surface area (Å²) in [6.45, 7) is 0.518. The molecule has 1 aromatic heterocycles. The molecule has 3 N–H and O–H groups in total. The van der Waals surface area contributed by atoms with Gasteiger partial charge >= 0.3 is 0 Å². The van der Waals surface area contributed by atoms with Crippen LogP contribution >= 0.6 is 43.2 Å². The Kier molecular flexibility index (Phi) is 4.54. The van der Waals surface area contributed by atoms with Gasteiger partial charge in [0.25, 0.3) is 0 Å². The van der Waals surface area contributed by atoms with Gasteiger partial charge in [-0.25, -0.2) is 13.1 Å². The van der Waals surface area contributed by atoms with Gasteiger partial charge in [0.15, 0.2) is 0 Å². The van der Waals surface area contributed by atoms with E-state index in [1.165, 1.54) is 11.3 Å². The van der Waals surface area contributed by atoms with Gasteiger partial charge in [-0.15, -0.1) is 11.3 Å². The average molecular weight is 364 g/mol. The molecule has 0 fully saturated rings. The van der Waals surface area contributed by atoms with Crippen LogP contribution in [0.15, 0.2) is 18.5 Å². The maximum Gasteiger partial charge on any atom is 0.242 e. The third kappa shape index (κ3) is 3.01. The van der Waals surface area contributed by atoms with Gasteiger partial charge in [0.05, 0.1) is 7.57 Å². The molecule has 0 aliphatic rings. The van der Waals surface area contributed by atoms with Gasteiger partial charge in [-0.1, -0.05) is 0 Å². The van der Waals surface area contributed by atoms with Crippen LogP contribution in [0.4, 0.5) is 0 Å². The molecule has 80 valence electrons. The Bertz CT molecular complexity index is 415. The second-order valence-corrected chi connectivity index (χ2v) is 7.86. The van der Waals surface area contributed by atoms with Gasteiger partial charge in [-0.05, 0) is 37.9 Å². The normalized spacial score (nSPS) is 11.9. The van der Waals surface area contributed by atoms with Crippen molar-refractivity contribution >= 4 is 53.2 Å². The predicted molar refractivity (Wildman–Crippen MR) is 64.0 cm³/mol. The third-order valence-corrected chi connectivity index (χ3v) is 5.57. The van der Waals surface area contributed by atoms with Crippen LogP contribution in [-0.4, -0.2) is 21.5 Å². The number of nitrogens with two attached hydrogens (primary N) is 1. The second kappa shape index (κ2) is 5.04. The molecule has 0 saturated heterocycles. The summed E-state index contributed by atoms with van der Waals surface area (Å²) in [4.78, 5) is 0.239. The first-order valence-electron chi connectivity index (χ1n) is 3.62. The Morgan fingerprint density at radius 1 is 1.50 bits per heavy atom. The highest BCUT2D eigenvalue weighted by atomic mass is 79.9. The van der Waals surface area contributed by atoms with E-state index in [1.54, 1.807) is 6.07 Å². The largest absolute Gasteiger partial charge is 0.329 e. The van der Waals surface area contributed by atoms with E-state index in [4.69, 9.17) is 5.73 Å². The quantitative estimate of drug-likeness (QED) is 0.851. The zero-order chi connectivity index (χ0) is 10.8. The molecule has 1 aromatic rings. The van der Waals surface area contributed by atoms with Crippen molar-refractivity contribution in [3.8, 4) is 0 Å². The number of thiophene rings is 1. The fourth-order valence-corrected chi connectivity index (χ4v) is 5.64. The molecule has 0 spiro atoms. The molecule has 0 amide bonds. The fraction of sp³-hybridized carbons (Fsp3) is 0.333. The Labute approximate surface area is 103 Å². The van der Waals surface area contributed by atoms with Gasteiger partial charge < -0.3 is 5.73 Å². The molecule has 8 heteroatoms. The van der Waals surface area contributed by atoms with E-state index in [2.05, 4.69) is 36.6 Å². The summed E-state index contributed by atoms with van der Waals surface area (Å²) in [5, 5.41) is 0. The van der Waals surface area contributed by atoms with E-state index >= 15 is 0 Å². The summed E-state index contributed by atoms with van der Waals surface area (Å²) >= 11 is 7.71. The maximum atomic E-state index is 11.6. The van der Waals surface area contributed by atoms with Gasteiger partial charge in [-0.2, -0.15) is 0 Å². The maximum absolute atomic E-state index is 11.6. The van der Waals surface area contributed by atoms with Crippen LogP contribution in [0.25, 0.3) is 0 Å². The first-order valence-corrected chi connectivity index (χ1v) is 7.50. The van der Waals surface area contributed by atoms with Gasteiger partial charge in [0.1, 0.15) is 4.90 Å². The molecule has 1 heterocycles. The molecule has 1 rings (SSSR count). The molecule has 0 saturated carbocycles. The van der Waals surface area contributed by atoms with Crippen molar-refractivity contribution in [1.29, 1.82) is 0 Å². The van der Waals surface area contributed by atoms with Crippen molar-refractivity contribution in [1.82, 2.24) is 4.72 Å². The van der Waals surface area contributed by atoms with E-state index in [0.717, 1.165) is 3.79 Å². The second-order valence-electron chi connectivity index (χ2n) is 2.37. The standard InChI is InChI=1S/C6H8Br2N2O2S2/c7-5-3-4(6(8)13-5)14(11,12)10-2-1-9/h3,10H,1-2,9H2. The van der Waals surface area contributed by atoms with Crippen LogP contribution in [0.3, 0.4) is 0 Å². The zero-order valence-electron chi connectivity index (χ0n) is 6.96. The molecule has 0 aliphatic carbocycles. The molecular formula is C6H8Br2N2O2S2. The Balaban J connectivity index is 2.98. The first-order chi connectivity index (χ1) is 6.47. The summed E-state index contributed by atoms with van der Waals surface area (Å²) in [7, 11) is -3.43. The van der Waals surface area contributed by atoms with Crippen molar-refractivity contribution in [2.75, 3.05) is 13.1 Å². The summed E-state index contributed by atoms with van der Waals surface area (Å²) in [5.41, 5.74) is 5.21. The fourth-order valence-electron chi connectivity index (χ4n) is 0.779. The number of nitrogens with one attached hydrogen (secondary N) is 1. The van der Waals surface area contributed by atoms with Crippen LogP contribution in [0.2, 0.25) is 0 Å². The predicted octanol–water partition coefficient (Wildman–Crippen LogP) is 1.51. The highest BCUT2D eigenvalue weighted by Gasteiger charge is 2.19. The van der Waals surface area contributed by atoms with E-state index in [-0.39, 0.29) is 18.0 Å². The van der Waals surface area contributed by atoms with E-state index in [9.17, 15) is 8.42 Å². The molecule has 4 nitrogen and oxygen atoms in total. The minimum Gasteiger partial charge on any atom is -0.329 e. The third-order valence-electron chi connectivity index (χ3n) is 1.35. The number of rotatable bonds is 4. The molecule has 14 heavy (non-hydrogen) atoms. The minimum atomic E-state index is -3.43. The van der Waals surface area contributed by atoms with Gasteiger partial charge in [-0.3, -0.25) is 0 Å². The zero-order valence-corrected chi connectivity index (χ0v) is 11.8. The lowest BCUT2D eigenvalue weighted by Gasteiger charge is -2.03. The molecule has 0 unspecified atom stereocenters. The topological polar surface area (TPSA) is 72.2 Å². The molecule has 0 aliphatic heterocycles. The molecule has 0 radical (unpaired) electrons. The number of halogens is 2. The highest BCUT2D eigenvalue weighted by molar-refractivity contribution is 9.12. The number of hydrogen-bond acceptors (Lipinski definition) is 4. The summed E-state index contributed by atoms with van der Waals surface area (Å²) in [6.07, 6.45) is 0. The van der Waals surface area contributed by atoms with E-state index in [0.29, 0.717) is 3.79 Å². The highest BCUT2D eigenvalue weighted by Crippen LogP contribution is 2.34. The van der Waals surface area contributed by atoms with Crippen molar-refractivity contribution in [3.05, 3.63) is 13.6 Å². The Hall–Kier alpha value is 0.530. The Morgan fingerprint density at radius 2 is 2.14 bits per heavy atom. The summed E-state index contributed by atoms with van der Waals surface area (Å²) in [5.74, 6) is 0. The minimum absolute atomic E-state index is 0.238. The van der Waals surface area contributed by atoms with Crippen LogP contribution in [0.1, 0.15) is 0 Å². The van der Waals surface area contributed by atoms with Crippen LogP contribution < -0.4 is 10.5 Å². The smallest absolute Gasteiger partial charge is 0.242 e. The lowest BCUT2D eigenvalue weighted by molar-refractivity contribution is 0.582. The number of hydrogen-bond donors (Lipinski definition) is 2. The van der Waals surface area contributed by atoms with Gasteiger partial charge in [0.2, 0.25) is 10.0 Å². The SMILES string of the molecule is NCCNS(=O)(=O)c1cc(Br)sc1Br. The van der Waals surface area contributed by atoms with Crippen LogP contribution in [0, 0.1) is 0 Å². The van der Waals surface area contributed by atoms with E-state index in [1.807, 2.05) is 0 Å². The molecule has 0 aromatic carbocycles. The summed E-state index contributed by atoms with van der Waals surface area (Å²) in [6, 6.07) is 1.55. The van der Waals surface area contributed by atoms with Crippen molar-refractivity contribution < 1.29 is 8.42 Å².